The van der Waals surface area contributed by atoms with Gasteiger partial charge in [0.15, 0.2) is 0 Å². The number of rotatable bonds is 0. The van der Waals surface area contributed by atoms with Gasteiger partial charge in [0.2, 0.25) is 5.91 Å². The number of amides is 1. The predicted octanol–water partition coefficient (Wildman–Crippen LogP) is 1.88. The molecule has 0 spiro atoms. The number of fused-ring (bicyclic) bond motifs is 1. The van der Waals surface area contributed by atoms with E-state index in [1.165, 1.54) is 11.1 Å². The lowest BCUT2D eigenvalue weighted by Gasteiger charge is -2.52. The summed E-state index contributed by atoms with van der Waals surface area (Å²) in [6.45, 7) is 0. The van der Waals surface area contributed by atoms with Crippen molar-refractivity contribution >= 4 is 11.7 Å². The van der Waals surface area contributed by atoms with Gasteiger partial charge in [-0.3, -0.25) is 9.59 Å². The van der Waals surface area contributed by atoms with E-state index >= 15 is 0 Å². The van der Waals surface area contributed by atoms with Gasteiger partial charge in [0.25, 0.3) is 0 Å². The van der Waals surface area contributed by atoms with Crippen LogP contribution in [0.3, 0.4) is 0 Å². The highest BCUT2D eigenvalue weighted by atomic mass is 16.2. The number of carbonyl (C=O) groups is 2. The number of aryl methyl sites for hydroxylation is 1. The molecule has 3 nitrogen and oxygen atoms in total. The zero-order valence-corrected chi connectivity index (χ0v) is 10.9. The quantitative estimate of drug-likeness (QED) is 0.769. The van der Waals surface area contributed by atoms with Crippen molar-refractivity contribution in [2.24, 2.45) is 0 Å². The van der Waals surface area contributed by atoms with E-state index in [9.17, 15) is 9.59 Å². The molecule has 1 aromatic carbocycles. The van der Waals surface area contributed by atoms with Gasteiger partial charge in [0.1, 0.15) is 5.78 Å². The molecule has 1 aliphatic heterocycles. The van der Waals surface area contributed by atoms with Crippen LogP contribution < -0.4 is 5.32 Å². The molecule has 0 radical (unpaired) electrons. The second kappa shape index (κ2) is 3.47. The first kappa shape index (κ1) is 11.2. The van der Waals surface area contributed by atoms with Gasteiger partial charge in [0.05, 0.1) is 5.54 Å². The largest absolute Gasteiger partial charge is 0.349 e. The Balaban J connectivity index is 1.95. The first-order valence-corrected chi connectivity index (χ1v) is 7.06. The lowest BCUT2D eigenvalue weighted by molar-refractivity contribution is -0.124. The maximum Gasteiger partial charge on any atom is 0.221 e. The van der Waals surface area contributed by atoms with Crippen LogP contribution in [-0.4, -0.2) is 17.2 Å². The smallest absolute Gasteiger partial charge is 0.221 e. The monoisotopic (exact) mass is 255 g/mol. The van der Waals surface area contributed by atoms with E-state index in [4.69, 9.17) is 0 Å². The fourth-order valence-corrected chi connectivity index (χ4v) is 4.62. The number of ketones is 1. The average Bonchev–Trinajstić information content (AvgIpc) is 2.70. The van der Waals surface area contributed by atoms with E-state index in [0.29, 0.717) is 25.0 Å². The van der Waals surface area contributed by atoms with E-state index < -0.39 is 0 Å². The Morgan fingerprint density at radius 1 is 1.00 bits per heavy atom. The van der Waals surface area contributed by atoms with Gasteiger partial charge in [0, 0.05) is 24.7 Å². The van der Waals surface area contributed by atoms with Crippen LogP contribution in [0.15, 0.2) is 24.3 Å². The molecule has 0 aromatic heterocycles. The van der Waals surface area contributed by atoms with Crippen molar-refractivity contribution < 1.29 is 9.59 Å². The molecule has 2 atom stereocenters. The van der Waals surface area contributed by atoms with Gasteiger partial charge in [-0.15, -0.1) is 0 Å². The van der Waals surface area contributed by atoms with E-state index in [2.05, 4.69) is 29.6 Å². The molecule has 1 saturated heterocycles. The number of Topliss-reactive ketones (excluding diaryl/α,β-unsaturated/α-hetero) is 1. The van der Waals surface area contributed by atoms with Crippen molar-refractivity contribution in [3.05, 3.63) is 35.4 Å². The maximum absolute atomic E-state index is 12.1. The highest BCUT2D eigenvalue weighted by Crippen LogP contribution is 2.56. The summed E-state index contributed by atoms with van der Waals surface area (Å²) >= 11 is 0. The topological polar surface area (TPSA) is 46.2 Å². The molecule has 3 heteroatoms. The van der Waals surface area contributed by atoms with Crippen LogP contribution in [0, 0.1) is 0 Å². The molecule has 0 bridgehead atoms. The first-order valence-electron chi connectivity index (χ1n) is 7.06. The SMILES string of the molecule is O=C1CCC23CC(=O)NC2(CCc2ccccc23)C1. The number of hydrogen-bond donors (Lipinski definition) is 1. The summed E-state index contributed by atoms with van der Waals surface area (Å²) in [5, 5.41) is 3.17. The minimum Gasteiger partial charge on any atom is -0.349 e. The molecule has 1 saturated carbocycles. The minimum absolute atomic E-state index is 0.117. The van der Waals surface area contributed by atoms with Crippen LogP contribution in [0.4, 0.5) is 0 Å². The normalized spacial score (nSPS) is 36.2. The Labute approximate surface area is 112 Å². The molecule has 1 heterocycles. The Morgan fingerprint density at radius 2 is 1.84 bits per heavy atom. The maximum atomic E-state index is 12.1. The summed E-state index contributed by atoms with van der Waals surface area (Å²) in [4.78, 5) is 24.0. The number of carbonyl (C=O) groups excluding carboxylic acids is 2. The van der Waals surface area contributed by atoms with Gasteiger partial charge in [-0.25, -0.2) is 0 Å². The third kappa shape index (κ3) is 1.28. The molecule has 2 fully saturated rings. The molecule has 1 N–H and O–H groups in total. The third-order valence-electron chi connectivity index (χ3n) is 5.44. The van der Waals surface area contributed by atoms with Gasteiger partial charge < -0.3 is 5.32 Å². The highest BCUT2D eigenvalue weighted by molar-refractivity contribution is 5.89. The molecule has 4 rings (SSSR count). The third-order valence-corrected chi connectivity index (χ3v) is 5.44. The van der Waals surface area contributed by atoms with E-state index in [1.54, 1.807) is 0 Å². The Bertz CT molecular complexity index is 594. The summed E-state index contributed by atoms with van der Waals surface area (Å²) in [6.07, 6.45) is 4.38. The Morgan fingerprint density at radius 3 is 2.74 bits per heavy atom. The second-order valence-electron chi connectivity index (χ2n) is 6.26. The molecule has 2 aliphatic carbocycles. The van der Waals surface area contributed by atoms with Gasteiger partial charge in [-0.2, -0.15) is 0 Å². The van der Waals surface area contributed by atoms with Gasteiger partial charge in [-0.05, 0) is 30.4 Å². The van der Waals surface area contributed by atoms with Crippen molar-refractivity contribution in [3.63, 3.8) is 0 Å². The highest BCUT2D eigenvalue weighted by Gasteiger charge is 2.62. The predicted molar refractivity (Wildman–Crippen MR) is 70.8 cm³/mol. The first-order chi connectivity index (χ1) is 9.15. The van der Waals surface area contributed by atoms with Gasteiger partial charge in [-0.1, -0.05) is 24.3 Å². The zero-order chi connectivity index (χ0) is 13.1. The van der Waals surface area contributed by atoms with Crippen molar-refractivity contribution in [2.45, 2.75) is 49.5 Å². The van der Waals surface area contributed by atoms with Crippen molar-refractivity contribution in [1.29, 1.82) is 0 Å². The Kier molecular flexibility index (Phi) is 2.05. The molecule has 98 valence electrons. The lowest BCUT2D eigenvalue weighted by Crippen LogP contribution is -2.60. The summed E-state index contributed by atoms with van der Waals surface area (Å²) in [7, 11) is 0. The minimum atomic E-state index is -0.298. The number of benzene rings is 1. The van der Waals surface area contributed by atoms with Crippen LogP contribution in [0.5, 0.6) is 0 Å². The van der Waals surface area contributed by atoms with Crippen LogP contribution in [0.25, 0.3) is 0 Å². The summed E-state index contributed by atoms with van der Waals surface area (Å²) in [5.41, 5.74) is 2.25. The summed E-state index contributed by atoms with van der Waals surface area (Å²) in [5.74, 6) is 0.420. The van der Waals surface area contributed by atoms with Crippen molar-refractivity contribution in [2.75, 3.05) is 0 Å². The van der Waals surface area contributed by atoms with Crippen LogP contribution in [-0.2, 0) is 21.4 Å². The van der Waals surface area contributed by atoms with Crippen LogP contribution >= 0.6 is 0 Å². The summed E-state index contributed by atoms with van der Waals surface area (Å²) in [6, 6.07) is 8.47. The number of nitrogens with one attached hydrogen (secondary N) is 1. The zero-order valence-electron chi connectivity index (χ0n) is 10.9. The fourth-order valence-electron chi connectivity index (χ4n) is 4.62. The second-order valence-corrected chi connectivity index (χ2v) is 6.26. The Hall–Kier alpha value is -1.64. The van der Waals surface area contributed by atoms with E-state index in [-0.39, 0.29) is 16.9 Å². The summed E-state index contributed by atoms with van der Waals surface area (Å²) < 4.78 is 0. The van der Waals surface area contributed by atoms with E-state index in [1.807, 2.05) is 0 Å². The fraction of sp³-hybridized carbons (Fsp3) is 0.500. The van der Waals surface area contributed by atoms with E-state index in [0.717, 1.165) is 19.3 Å². The number of hydrogen-bond acceptors (Lipinski definition) is 2. The van der Waals surface area contributed by atoms with Crippen molar-refractivity contribution in [1.82, 2.24) is 5.32 Å². The molecule has 2 unspecified atom stereocenters. The molecule has 1 aromatic rings. The molecular formula is C16H17NO2. The molecular weight excluding hydrogens is 238 g/mol. The van der Waals surface area contributed by atoms with Crippen LogP contribution in [0.1, 0.15) is 43.2 Å². The van der Waals surface area contributed by atoms with Crippen molar-refractivity contribution in [3.8, 4) is 0 Å². The van der Waals surface area contributed by atoms with Gasteiger partial charge >= 0.3 is 0 Å². The molecule has 3 aliphatic rings. The standard InChI is InChI=1S/C16H17NO2/c18-12-6-7-15-10-14(19)17-16(15,9-12)8-5-11-3-1-2-4-13(11)15/h1-4H,5-10H2,(H,17,19). The molecule has 1 amide bonds. The molecule has 19 heavy (non-hydrogen) atoms. The van der Waals surface area contributed by atoms with Crippen LogP contribution in [0.2, 0.25) is 0 Å². The lowest BCUT2D eigenvalue weighted by atomic mass is 9.53. The average molecular weight is 255 g/mol.